The van der Waals surface area contributed by atoms with Crippen LogP contribution in [0, 0.1) is 0 Å². The summed E-state index contributed by atoms with van der Waals surface area (Å²) >= 11 is 0. The zero-order chi connectivity index (χ0) is 24.6. The molecule has 0 radical (unpaired) electrons. The van der Waals surface area contributed by atoms with Gasteiger partial charge in [0.15, 0.2) is 0 Å². The number of hydrogen-bond donors (Lipinski definition) is 0. The van der Waals surface area contributed by atoms with Gasteiger partial charge in [0.05, 0.1) is 22.1 Å². The van der Waals surface area contributed by atoms with Crippen LogP contribution in [-0.4, -0.2) is 15.9 Å². The summed E-state index contributed by atoms with van der Waals surface area (Å²) in [6.45, 7) is 10.4. The summed E-state index contributed by atoms with van der Waals surface area (Å²) in [6, 6.07) is 30.6. The largest absolute Gasteiger partial charge is 0.320 e. The summed E-state index contributed by atoms with van der Waals surface area (Å²) in [5.41, 5.74) is 8.15. The van der Waals surface area contributed by atoms with Gasteiger partial charge in [-0.25, -0.2) is 0 Å². The van der Waals surface area contributed by atoms with Gasteiger partial charge < -0.3 is 9.13 Å². The van der Waals surface area contributed by atoms with Gasteiger partial charge in [-0.1, -0.05) is 67.3 Å². The van der Waals surface area contributed by atoms with Crippen molar-refractivity contribution in [3.8, 4) is 11.1 Å². The molecule has 0 aliphatic carbocycles. The molecule has 6 rings (SSSR count). The standard InChI is InChI=1S/C33H27N3/c1-4-6-11-25(5-2)36-32-15-10-8-13-27(32)29-21-24(17-19-33(29)36)23-16-18-31-28(20-23)26-12-7-9-14-30(26)35(31)22-34-3/h4-21H,2-3,22H2,1H3/b6-4-,25-11+. The van der Waals surface area contributed by atoms with Crippen molar-refractivity contribution in [3.05, 3.63) is 116 Å². The summed E-state index contributed by atoms with van der Waals surface area (Å²) in [6.07, 6.45) is 8.11. The van der Waals surface area contributed by atoms with E-state index in [1.54, 1.807) is 0 Å². The highest BCUT2D eigenvalue weighted by atomic mass is 15.1. The van der Waals surface area contributed by atoms with Gasteiger partial charge in [0.1, 0.15) is 6.67 Å². The van der Waals surface area contributed by atoms with E-state index in [9.17, 15) is 0 Å². The first-order chi connectivity index (χ1) is 17.7. The number of aromatic nitrogens is 2. The Kier molecular flexibility index (Phi) is 5.38. The van der Waals surface area contributed by atoms with Crippen LogP contribution in [0.2, 0.25) is 0 Å². The lowest BCUT2D eigenvalue weighted by molar-refractivity contribution is 0.799. The molecular weight excluding hydrogens is 438 g/mol. The van der Waals surface area contributed by atoms with E-state index in [1.807, 2.05) is 19.1 Å². The van der Waals surface area contributed by atoms with Crippen LogP contribution in [0.15, 0.2) is 121 Å². The molecule has 0 bridgehead atoms. The second kappa shape index (κ2) is 8.86. The molecular formula is C33H27N3. The molecule has 6 aromatic rings. The van der Waals surface area contributed by atoms with E-state index in [0.717, 1.165) is 5.70 Å². The first-order valence-electron chi connectivity index (χ1n) is 12.2. The van der Waals surface area contributed by atoms with Crippen molar-refractivity contribution in [2.45, 2.75) is 13.6 Å². The SMILES string of the molecule is C=C/C(=C\C=C/C)n1c2ccccc2c2cc(-c3ccc4c(c3)c3ccccc3n4CN=C)ccc21. The lowest BCUT2D eigenvalue weighted by Crippen LogP contribution is -1.94. The van der Waals surface area contributed by atoms with Crippen molar-refractivity contribution in [2.75, 3.05) is 0 Å². The molecule has 3 nitrogen and oxygen atoms in total. The second-order valence-corrected chi connectivity index (χ2v) is 8.95. The van der Waals surface area contributed by atoms with E-state index in [-0.39, 0.29) is 0 Å². The highest BCUT2D eigenvalue weighted by Crippen LogP contribution is 2.37. The van der Waals surface area contributed by atoms with Crippen LogP contribution in [0.3, 0.4) is 0 Å². The van der Waals surface area contributed by atoms with Crippen LogP contribution in [0.1, 0.15) is 6.92 Å². The predicted octanol–water partition coefficient (Wildman–Crippen LogP) is 8.83. The third kappa shape index (κ3) is 3.32. The molecule has 0 amide bonds. The van der Waals surface area contributed by atoms with E-state index in [4.69, 9.17) is 0 Å². The second-order valence-electron chi connectivity index (χ2n) is 8.95. The Morgan fingerprint density at radius 3 is 1.97 bits per heavy atom. The molecule has 0 fully saturated rings. The van der Waals surface area contributed by atoms with Gasteiger partial charge in [0, 0.05) is 27.2 Å². The molecule has 0 saturated carbocycles. The number of rotatable bonds is 6. The first-order valence-corrected chi connectivity index (χ1v) is 12.2. The molecule has 0 aliphatic heterocycles. The van der Waals surface area contributed by atoms with Crippen LogP contribution >= 0.6 is 0 Å². The van der Waals surface area contributed by atoms with Gasteiger partial charge in [-0.3, -0.25) is 4.99 Å². The van der Waals surface area contributed by atoms with Crippen molar-refractivity contribution < 1.29 is 0 Å². The summed E-state index contributed by atoms with van der Waals surface area (Å²) in [4.78, 5) is 4.16. The van der Waals surface area contributed by atoms with E-state index in [0.29, 0.717) is 6.67 Å². The van der Waals surface area contributed by atoms with Gasteiger partial charge in [-0.05, 0) is 73.3 Å². The number of allylic oxidation sites excluding steroid dienone is 5. The Balaban J connectivity index is 1.59. The first kappa shape index (κ1) is 21.9. The average Bonchev–Trinajstić information content (AvgIpc) is 3.42. The maximum atomic E-state index is 4.16. The number of benzene rings is 4. The third-order valence-electron chi connectivity index (χ3n) is 6.95. The fourth-order valence-corrected chi connectivity index (χ4v) is 5.34. The minimum Gasteiger partial charge on any atom is -0.320 e. The summed E-state index contributed by atoms with van der Waals surface area (Å²) < 4.78 is 4.52. The van der Waals surface area contributed by atoms with Crippen molar-refractivity contribution >= 4 is 56.0 Å². The fourth-order valence-electron chi connectivity index (χ4n) is 5.34. The third-order valence-corrected chi connectivity index (χ3v) is 6.95. The minimum atomic E-state index is 0.543. The maximum Gasteiger partial charge on any atom is 0.114 e. The number of fused-ring (bicyclic) bond motifs is 6. The topological polar surface area (TPSA) is 22.2 Å². The highest BCUT2D eigenvalue weighted by Gasteiger charge is 2.15. The zero-order valence-electron chi connectivity index (χ0n) is 20.4. The van der Waals surface area contributed by atoms with Crippen molar-refractivity contribution in [3.63, 3.8) is 0 Å². The van der Waals surface area contributed by atoms with E-state index < -0.39 is 0 Å². The molecule has 3 heteroatoms. The monoisotopic (exact) mass is 465 g/mol. The van der Waals surface area contributed by atoms with Crippen LogP contribution in [0.4, 0.5) is 0 Å². The molecule has 0 atom stereocenters. The Hall–Kier alpha value is -4.63. The van der Waals surface area contributed by atoms with Crippen LogP contribution < -0.4 is 0 Å². The molecule has 0 N–H and O–H groups in total. The summed E-state index contributed by atoms with van der Waals surface area (Å²) in [7, 11) is 0. The quantitative estimate of drug-likeness (QED) is 0.173. The van der Waals surface area contributed by atoms with E-state index in [1.165, 1.54) is 54.7 Å². The van der Waals surface area contributed by atoms with Gasteiger partial charge in [-0.2, -0.15) is 0 Å². The van der Waals surface area contributed by atoms with Crippen molar-refractivity contribution in [1.29, 1.82) is 0 Å². The molecule has 0 unspecified atom stereocenters. The van der Waals surface area contributed by atoms with E-state index in [2.05, 4.69) is 125 Å². The summed E-state index contributed by atoms with van der Waals surface area (Å²) in [5, 5.41) is 4.94. The summed E-state index contributed by atoms with van der Waals surface area (Å²) in [5.74, 6) is 0. The predicted molar refractivity (Wildman–Crippen MR) is 157 cm³/mol. The van der Waals surface area contributed by atoms with Gasteiger partial charge in [-0.15, -0.1) is 0 Å². The molecule has 36 heavy (non-hydrogen) atoms. The Bertz CT molecular complexity index is 1860. The maximum absolute atomic E-state index is 4.16. The van der Waals surface area contributed by atoms with Crippen molar-refractivity contribution in [2.24, 2.45) is 4.99 Å². The van der Waals surface area contributed by atoms with Gasteiger partial charge in [0.25, 0.3) is 0 Å². The number of para-hydroxylation sites is 2. The molecule has 2 aromatic heterocycles. The van der Waals surface area contributed by atoms with Crippen LogP contribution in [0.5, 0.6) is 0 Å². The molecule has 0 aliphatic rings. The molecule has 174 valence electrons. The average molecular weight is 466 g/mol. The lowest BCUT2D eigenvalue weighted by atomic mass is 10.0. The lowest BCUT2D eigenvalue weighted by Gasteiger charge is -2.09. The molecule has 2 heterocycles. The molecule has 0 spiro atoms. The highest BCUT2D eigenvalue weighted by molar-refractivity contribution is 6.12. The molecule has 4 aromatic carbocycles. The molecule has 0 saturated heterocycles. The zero-order valence-corrected chi connectivity index (χ0v) is 20.4. The minimum absolute atomic E-state index is 0.543. The van der Waals surface area contributed by atoms with Crippen molar-refractivity contribution in [1.82, 2.24) is 9.13 Å². The normalized spacial score (nSPS) is 12.4. The number of aliphatic imine (C=N–C) groups is 1. The Morgan fingerprint density at radius 2 is 1.31 bits per heavy atom. The Morgan fingerprint density at radius 1 is 0.750 bits per heavy atom. The van der Waals surface area contributed by atoms with E-state index >= 15 is 0 Å². The number of hydrogen-bond acceptors (Lipinski definition) is 1. The number of nitrogens with zero attached hydrogens (tertiary/aromatic N) is 3. The Labute approximate surface area is 210 Å². The van der Waals surface area contributed by atoms with Crippen LogP contribution in [0.25, 0.3) is 60.4 Å². The van der Waals surface area contributed by atoms with Crippen LogP contribution in [-0.2, 0) is 6.67 Å². The van der Waals surface area contributed by atoms with Gasteiger partial charge in [0.2, 0.25) is 0 Å². The van der Waals surface area contributed by atoms with Gasteiger partial charge >= 0.3 is 0 Å². The fraction of sp³-hybridized carbons (Fsp3) is 0.0606. The smallest absolute Gasteiger partial charge is 0.114 e.